The summed E-state index contributed by atoms with van der Waals surface area (Å²) in [5.74, 6) is -5.94. The Bertz CT molecular complexity index is 1100. The third-order valence-corrected chi connectivity index (χ3v) is 3.84. The quantitative estimate of drug-likeness (QED) is 0.253. The van der Waals surface area contributed by atoms with Crippen molar-refractivity contribution in [3.05, 3.63) is 30.3 Å². The zero-order valence-electron chi connectivity index (χ0n) is 13.7. The lowest BCUT2D eigenvalue weighted by molar-refractivity contribution is 0.290. The van der Waals surface area contributed by atoms with E-state index in [4.69, 9.17) is 14.2 Å². The summed E-state index contributed by atoms with van der Waals surface area (Å²) in [5, 5.41) is 68.6. The molecule has 0 unspecified atom stereocenters. The number of aromatic hydroxyl groups is 7. The normalized spacial score (nSPS) is 11.7. The number of rotatable bonds is 2. The Kier molecular flexibility index (Phi) is 3.57. The topological polar surface area (TPSA) is 169 Å². The van der Waals surface area contributed by atoms with Gasteiger partial charge < -0.3 is 50.0 Å². The smallest absolute Gasteiger partial charge is 0.220 e. The van der Waals surface area contributed by atoms with Gasteiger partial charge in [0.2, 0.25) is 34.5 Å². The molecule has 3 aromatic carbocycles. The predicted octanol–water partition coefficient (Wildman–Crippen LogP) is 3.32. The second kappa shape index (κ2) is 5.84. The van der Waals surface area contributed by atoms with Gasteiger partial charge in [-0.05, 0) is 0 Å². The van der Waals surface area contributed by atoms with Crippen molar-refractivity contribution in [3.8, 4) is 74.7 Å². The fourth-order valence-electron chi connectivity index (χ4n) is 2.62. The number of hydrogen-bond donors (Lipinski definition) is 7. The largest absolute Gasteiger partial charge is 0.508 e. The number of ether oxygens (including phenoxy) is 3. The van der Waals surface area contributed by atoms with Crippen molar-refractivity contribution < 1.29 is 50.0 Å². The third-order valence-electron chi connectivity index (χ3n) is 3.84. The van der Waals surface area contributed by atoms with Crippen molar-refractivity contribution in [1.29, 1.82) is 0 Å². The molecule has 0 atom stereocenters. The molecule has 0 aromatic heterocycles. The minimum Gasteiger partial charge on any atom is -0.508 e. The van der Waals surface area contributed by atoms with E-state index in [1.807, 2.05) is 0 Å². The maximum Gasteiger partial charge on any atom is 0.220 e. The second-order valence-electron chi connectivity index (χ2n) is 5.81. The van der Waals surface area contributed by atoms with Gasteiger partial charge in [-0.3, -0.25) is 0 Å². The number of hydrogen-bond acceptors (Lipinski definition) is 10. The Morgan fingerprint density at radius 2 is 1.25 bits per heavy atom. The van der Waals surface area contributed by atoms with Gasteiger partial charge in [0.1, 0.15) is 17.2 Å². The van der Waals surface area contributed by atoms with Crippen LogP contribution in [0.3, 0.4) is 0 Å². The lowest BCUT2D eigenvalue weighted by atomic mass is 10.2. The van der Waals surface area contributed by atoms with E-state index in [9.17, 15) is 35.7 Å². The molecule has 4 rings (SSSR count). The van der Waals surface area contributed by atoms with Crippen LogP contribution in [0.25, 0.3) is 0 Å². The Morgan fingerprint density at radius 3 is 1.93 bits per heavy atom. The molecular formula is C18H12O10. The van der Waals surface area contributed by atoms with E-state index in [-0.39, 0.29) is 40.2 Å². The van der Waals surface area contributed by atoms with Gasteiger partial charge in [-0.2, -0.15) is 0 Å². The van der Waals surface area contributed by atoms with Gasteiger partial charge in [0, 0.05) is 30.3 Å². The van der Waals surface area contributed by atoms with Crippen LogP contribution in [-0.4, -0.2) is 35.7 Å². The lowest BCUT2D eigenvalue weighted by Gasteiger charge is -2.24. The van der Waals surface area contributed by atoms with Crippen LogP contribution in [-0.2, 0) is 0 Å². The van der Waals surface area contributed by atoms with Crippen molar-refractivity contribution in [2.24, 2.45) is 0 Å². The molecule has 0 bridgehead atoms. The van der Waals surface area contributed by atoms with Gasteiger partial charge in [0.05, 0.1) is 0 Å². The number of phenolic OH excluding ortho intramolecular Hbond substituents is 7. The molecule has 1 aliphatic rings. The Balaban J connectivity index is 1.85. The SMILES string of the molecule is Oc1cc(O)cc(Oc2c(O)cc(O)c3c2Oc2c(cc(O)c(O)c2O)O3)c1. The van der Waals surface area contributed by atoms with Gasteiger partial charge in [-0.1, -0.05) is 0 Å². The summed E-state index contributed by atoms with van der Waals surface area (Å²) in [4.78, 5) is 0. The van der Waals surface area contributed by atoms with E-state index >= 15 is 0 Å². The molecule has 3 aromatic rings. The zero-order valence-corrected chi connectivity index (χ0v) is 13.7. The highest BCUT2D eigenvalue weighted by molar-refractivity contribution is 5.74. The van der Waals surface area contributed by atoms with Crippen molar-refractivity contribution >= 4 is 0 Å². The second-order valence-corrected chi connectivity index (χ2v) is 5.81. The summed E-state index contributed by atoms with van der Waals surface area (Å²) < 4.78 is 16.3. The number of fused-ring (bicyclic) bond motifs is 2. The molecule has 0 aliphatic carbocycles. The summed E-state index contributed by atoms with van der Waals surface area (Å²) in [6.45, 7) is 0. The molecule has 28 heavy (non-hydrogen) atoms. The van der Waals surface area contributed by atoms with E-state index in [2.05, 4.69) is 0 Å². The molecule has 0 amide bonds. The van der Waals surface area contributed by atoms with Gasteiger partial charge >= 0.3 is 0 Å². The molecule has 1 aliphatic heterocycles. The first-order valence-corrected chi connectivity index (χ1v) is 7.68. The Labute approximate surface area is 155 Å². The van der Waals surface area contributed by atoms with Gasteiger partial charge in [-0.15, -0.1) is 0 Å². The van der Waals surface area contributed by atoms with E-state index in [1.165, 1.54) is 0 Å². The van der Waals surface area contributed by atoms with Crippen LogP contribution >= 0.6 is 0 Å². The van der Waals surface area contributed by atoms with Crippen LogP contribution in [0.4, 0.5) is 0 Å². The molecule has 7 N–H and O–H groups in total. The molecule has 10 heteroatoms. The average Bonchev–Trinajstić information content (AvgIpc) is 2.62. The van der Waals surface area contributed by atoms with Crippen LogP contribution in [0.2, 0.25) is 0 Å². The van der Waals surface area contributed by atoms with Crippen molar-refractivity contribution in [2.75, 3.05) is 0 Å². The highest BCUT2D eigenvalue weighted by Crippen LogP contribution is 2.61. The van der Waals surface area contributed by atoms with Crippen LogP contribution < -0.4 is 14.2 Å². The molecule has 144 valence electrons. The van der Waals surface area contributed by atoms with Gasteiger partial charge in [-0.25, -0.2) is 0 Å². The predicted molar refractivity (Wildman–Crippen MR) is 91.2 cm³/mol. The summed E-state index contributed by atoms with van der Waals surface area (Å²) in [6, 6.07) is 5.18. The van der Waals surface area contributed by atoms with Gasteiger partial charge in [0.25, 0.3) is 0 Å². The Hall–Kier alpha value is -4.34. The lowest BCUT2D eigenvalue weighted by Crippen LogP contribution is -2.02. The van der Waals surface area contributed by atoms with Crippen molar-refractivity contribution in [3.63, 3.8) is 0 Å². The number of benzene rings is 3. The molecule has 0 saturated carbocycles. The monoisotopic (exact) mass is 388 g/mol. The average molecular weight is 388 g/mol. The zero-order chi connectivity index (χ0) is 20.2. The molecule has 0 radical (unpaired) electrons. The minimum absolute atomic E-state index is 0.0899. The molecule has 10 nitrogen and oxygen atoms in total. The highest BCUT2D eigenvalue weighted by atomic mass is 16.6. The molecule has 0 saturated heterocycles. The van der Waals surface area contributed by atoms with E-state index < -0.39 is 34.5 Å². The summed E-state index contributed by atoms with van der Waals surface area (Å²) in [5.41, 5.74) is 0. The van der Waals surface area contributed by atoms with Crippen molar-refractivity contribution in [2.45, 2.75) is 0 Å². The van der Waals surface area contributed by atoms with E-state index in [0.717, 1.165) is 30.3 Å². The molecule has 0 fully saturated rings. The van der Waals surface area contributed by atoms with Crippen LogP contribution in [0.1, 0.15) is 0 Å². The standard InChI is InChI=1S/C18H12O10/c19-6-1-7(20)3-8(2-6)26-15-10(22)4-11(23)16-18(15)28-17-12(27-16)5-9(21)13(24)14(17)25/h1-5,19-25H. The first-order valence-electron chi connectivity index (χ1n) is 7.68. The maximum absolute atomic E-state index is 10.2. The molecular weight excluding hydrogens is 376 g/mol. The van der Waals surface area contributed by atoms with E-state index in [1.54, 1.807) is 0 Å². The van der Waals surface area contributed by atoms with Crippen LogP contribution in [0.15, 0.2) is 30.3 Å². The maximum atomic E-state index is 10.2. The van der Waals surface area contributed by atoms with Crippen LogP contribution in [0.5, 0.6) is 74.7 Å². The van der Waals surface area contributed by atoms with Crippen molar-refractivity contribution in [1.82, 2.24) is 0 Å². The number of phenols is 7. The summed E-state index contributed by atoms with van der Waals surface area (Å²) >= 11 is 0. The molecule has 0 spiro atoms. The summed E-state index contributed by atoms with van der Waals surface area (Å²) in [6.07, 6.45) is 0. The van der Waals surface area contributed by atoms with E-state index in [0.29, 0.717) is 0 Å². The third kappa shape index (κ3) is 2.60. The van der Waals surface area contributed by atoms with Crippen LogP contribution in [0, 0.1) is 0 Å². The fourth-order valence-corrected chi connectivity index (χ4v) is 2.62. The molecule has 1 heterocycles. The Morgan fingerprint density at radius 1 is 0.571 bits per heavy atom. The van der Waals surface area contributed by atoms with Gasteiger partial charge in [0.15, 0.2) is 23.0 Å². The first kappa shape index (κ1) is 17.1. The minimum atomic E-state index is -0.865. The summed E-state index contributed by atoms with van der Waals surface area (Å²) in [7, 11) is 0. The fraction of sp³-hybridized carbons (Fsp3) is 0. The highest BCUT2D eigenvalue weighted by Gasteiger charge is 2.33. The first-order chi connectivity index (χ1) is 13.2.